The highest BCUT2D eigenvalue weighted by molar-refractivity contribution is 5.79. The zero-order valence-electron chi connectivity index (χ0n) is 17.0. The van der Waals surface area contributed by atoms with Gasteiger partial charge in [0, 0.05) is 38.9 Å². The zero-order valence-corrected chi connectivity index (χ0v) is 17.0. The van der Waals surface area contributed by atoms with E-state index in [1.807, 2.05) is 21.4 Å². The maximum absolute atomic E-state index is 12.8. The van der Waals surface area contributed by atoms with Crippen LogP contribution < -0.4 is 0 Å². The highest BCUT2D eigenvalue weighted by Gasteiger charge is 2.30. The molecule has 1 atom stereocenters. The molecular formula is C20H33N5O2. The van der Waals surface area contributed by atoms with Crippen molar-refractivity contribution >= 4 is 11.8 Å². The van der Waals surface area contributed by atoms with Crippen molar-refractivity contribution in [3.8, 4) is 0 Å². The van der Waals surface area contributed by atoms with E-state index >= 15 is 0 Å². The van der Waals surface area contributed by atoms with Crippen molar-refractivity contribution in [2.75, 3.05) is 19.6 Å². The summed E-state index contributed by atoms with van der Waals surface area (Å²) in [7, 11) is 0. The second-order valence-corrected chi connectivity index (χ2v) is 8.25. The summed E-state index contributed by atoms with van der Waals surface area (Å²) in [6.45, 7) is 9.11. The number of likely N-dealkylation sites (tertiary alicyclic amines) is 1. The molecule has 1 saturated heterocycles. The first-order valence-electron chi connectivity index (χ1n) is 10.5. The summed E-state index contributed by atoms with van der Waals surface area (Å²) < 4.78 is 1.96. The van der Waals surface area contributed by atoms with E-state index in [0.29, 0.717) is 38.4 Å². The summed E-state index contributed by atoms with van der Waals surface area (Å²) in [5.41, 5.74) is 0. The Balaban J connectivity index is 1.58. The highest BCUT2D eigenvalue weighted by atomic mass is 16.2. The highest BCUT2D eigenvalue weighted by Crippen LogP contribution is 2.24. The fourth-order valence-electron chi connectivity index (χ4n) is 3.93. The predicted molar refractivity (Wildman–Crippen MR) is 103 cm³/mol. The average molecular weight is 376 g/mol. The van der Waals surface area contributed by atoms with E-state index < -0.39 is 0 Å². The van der Waals surface area contributed by atoms with Gasteiger partial charge in [0.25, 0.3) is 0 Å². The maximum Gasteiger partial charge on any atom is 0.225 e. The van der Waals surface area contributed by atoms with Gasteiger partial charge in [0.05, 0.1) is 12.6 Å². The summed E-state index contributed by atoms with van der Waals surface area (Å²) in [5, 5.41) is 4.62. The number of nitrogens with zero attached hydrogens (tertiary/aromatic N) is 5. The molecule has 7 heteroatoms. The van der Waals surface area contributed by atoms with Gasteiger partial charge >= 0.3 is 0 Å². The lowest BCUT2D eigenvalue weighted by Crippen LogP contribution is -2.43. The molecule has 0 N–H and O–H groups in total. The number of fused-ring (bicyclic) bond motifs is 1. The van der Waals surface area contributed by atoms with Gasteiger partial charge in [-0.3, -0.25) is 9.59 Å². The second kappa shape index (κ2) is 8.85. The Morgan fingerprint density at radius 1 is 1.19 bits per heavy atom. The minimum atomic E-state index is -0.0635. The fraction of sp³-hybridized carbons (Fsp3) is 0.800. The fourth-order valence-corrected chi connectivity index (χ4v) is 3.93. The van der Waals surface area contributed by atoms with Crippen molar-refractivity contribution in [2.45, 2.75) is 78.3 Å². The molecule has 1 aromatic heterocycles. The number of carbonyl (C=O) groups excluding carboxylic acids is 2. The monoisotopic (exact) mass is 375 g/mol. The molecule has 2 aliphatic rings. The van der Waals surface area contributed by atoms with Crippen LogP contribution in [-0.4, -0.2) is 56.0 Å². The largest absolute Gasteiger partial charge is 0.342 e. The van der Waals surface area contributed by atoms with Gasteiger partial charge in [-0.25, -0.2) is 9.67 Å². The van der Waals surface area contributed by atoms with Crippen molar-refractivity contribution in [2.24, 2.45) is 5.92 Å². The van der Waals surface area contributed by atoms with Crippen molar-refractivity contribution in [1.82, 2.24) is 24.6 Å². The van der Waals surface area contributed by atoms with E-state index in [4.69, 9.17) is 4.98 Å². The first-order chi connectivity index (χ1) is 13.0. The zero-order chi connectivity index (χ0) is 19.4. The summed E-state index contributed by atoms with van der Waals surface area (Å²) >= 11 is 0. The molecule has 0 saturated carbocycles. The second-order valence-electron chi connectivity index (χ2n) is 8.25. The van der Waals surface area contributed by atoms with Crippen molar-refractivity contribution in [3.05, 3.63) is 11.6 Å². The van der Waals surface area contributed by atoms with E-state index in [-0.39, 0.29) is 17.9 Å². The SMILES string of the molecule is CC(C)CCc1nc2n(n1)CCN(C(=O)CCN1CCCCCC1=O)[C@@H]2C. The number of rotatable bonds is 6. The van der Waals surface area contributed by atoms with Crippen LogP contribution in [0.1, 0.15) is 77.0 Å². The molecule has 7 nitrogen and oxygen atoms in total. The molecular weight excluding hydrogens is 342 g/mol. The summed E-state index contributed by atoms with van der Waals surface area (Å²) in [6, 6.07) is -0.0635. The molecule has 1 aromatic rings. The van der Waals surface area contributed by atoms with Gasteiger partial charge in [-0.05, 0) is 32.1 Å². The van der Waals surface area contributed by atoms with Gasteiger partial charge in [-0.2, -0.15) is 5.10 Å². The number of hydrogen-bond donors (Lipinski definition) is 0. The van der Waals surface area contributed by atoms with Crippen LogP contribution in [0.2, 0.25) is 0 Å². The molecule has 0 aromatic carbocycles. The van der Waals surface area contributed by atoms with Crippen LogP contribution in [-0.2, 0) is 22.6 Å². The minimum absolute atomic E-state index is 0.0635. The van der Waals surface area contributed by atoms with E-state index in [2.05, 4.69) is 18.9 Å². The van der Waals surface area contributed by atoms with Gasteiger partial charge in [0.2, 0.25) is 11.8 Å². The van der Waals surface area contributed by atoms with Crippen molar-refractivity contribution in [3.63, 3.8) is 0 Å². The van der Waals surface area contributed by atoms with Gasteiger partial charge in [0.1, 0.15) is 5.82 Å². The standard InChI is InChI=1S/C20H33N5O2/c1-15(2)8-9-17-21-20-16(3)24(13-14-25(20)22-17)19(27)10-12-23-11-6-4-5-7-18(23)26/h15-16H,4-14H2,1-3H3/t16-/m1/s1. The van der Waals surface area contributed by atoms with E-state index in [9.17, 15) is 9.59 Å². The third-order valence-electron chi connectivity index (χ3n) is 5.67. The molecule has 0 aliphatic carbocycles. The number of amides is 2. The van der Waals surface area contributed by atoms with Crippen LogP contribution in [0.3, 0.4) is 0 Å². The van der Waals surface area contributed by atoms with Gasteiger partial charge in [0.15, 0.2) is 5.82 Å². The predicted octanol–water partition coefficient (Wildman–Crippen LogP) is 2.56. The average Bonchev–Trinajstić information content (AvgIpc) is 2.95. The lowest BCUT2D eigenvalue weighted by molar-refractivity contribution is -0.136. The Morgan fingerprint density at radius 3 is 2.78 bits per heavy atom. The van der Waals surface area contributed by atoms with Crippen LogP contribution in [0.25, 0.3) is 0 Å². The van der Waals surface area contributed by atoms with Crippen LogP contribution in [0, 0.1) is 5.92 Å². The molecule has 1 fully saturated rings. The van der Waals surface area contributed by atoms with Gasteiger partial charge < -0.3 is 9.80 Å². The molecule has 0 spiro atoms. The van der Waals surface area contributed by atoms with Crippen LogP contribution in [0.15, 0.2) is 0 Å². The van der Waals surface area contributed by atoms with Crippen molar-refractivity contribution < 1.29 is 9.59 Å². The normalized spacial score (nSPS) is 20.7. The first kappa shape index (κ1) is 19.8. The first-order valence-corrected chi connectivity index (χ1v) is 10.5. The Labute approximate surface area is 162 Å². The summed E-state index contributed by atoms with van der Waals surface area (Å²) in [5.74, 6) is 2.70. The van der Waals surface area contributed by atoms with Gasteiger partial charge in [-0.1, -0.05) is 20.3 Å². The van der Waals surface area contributed by atoms with Crippen LogP contribution in [0.4, 0.5) is 0 Å². The molecule has 150 valence electrons. The lowest BCUT2D eigenvalue weighted by Gasteiger charge is -2.33. The van der Waals surface area contributed by atoms with Crippen molar-refractivity contribution in [1.29, 1.82) is 0 Å². The molecule has 0 bridgehead atoms. The molecule has 2 aliphatic heterocycles. The Hall–Kier alpha value is -1.92. The molecule has 0 unspecified atom stereocenters. The number of aryl methyl sites for hydroxylation is 1. The molecule has 0 radical (unpaired) electrons. The Bertz CT molecular complexity index is 669. The third kappa shape index (κ3) is 4.87. The minimum Gasteiger partial charge on any atom is -0.342 e. The number of hydrogen-bond acceptors (Lipinski definition) is 4. The van der Waals surface area contributed by atoms with E-state index in [1.165, 1.54) is 0 Å². The van der Waals surface area contributed by atoms with E-state index in [1.54, 1.807) is 0 Å². The molecule has 3 heterocycles. The lowest BCUT2D eigenvalue weighted by atomic mass is 10.1. The Kier molecular flexibility index (Phi) is 6.50. The number of aromatic nitrogens is 3. The van der Waals surface area contributed by atoms with E-state index in [0.717, 1.165) is 50.3 Å². The summed E-state index contributed by atoms with van der Waals surface area (Å²) in [4.78, 5) is 33.4. The molecule has 3 rings (SSSR count). The quantitative estimate of drug-likeness (QED) is 0.766. The Morgan fingerprint density at radius 2 is 2.00 bits per heavy atom. The smallest absolute Gasteiger partial charge is 0.225 e. The topological polar surface area (TPSA) is 71.3 Å². The van der Waals surface area contributed by atoms with Gasteiger partial charge in [-0.15, -0.1) is 0 Å². The third-order valence-corrected chi connectivity index (χ3v) is 5.67. The number of carbonyl (C=O) groups is 2. The van der Waals surface area contributed by atoms with Crippen LogP contribution in [0.5, 0.6) is 0 Å². The molecule has 27 heavy (non-hydrogen) atoms. The van der Waals surface area contributed by atoms with Crippen LogP contribution >= 0.6 is 0 Å². The maximum atomic E-state index is 12.8. The summed E-state index contributed by atoms with van der Waals surface area (Å²) in [6.07, 6.45) is 6.10. The molecule has 2 amide bonds.